The minimum absolute atomic E-state index is 0.0585. The van der Waals surface area contributed by atoms with Crippen molar-refractivity contribution in [3.05, 3.63) is 52.7 Å². The fourth-order valence-electron chi connectivity index (χ4n) is 4.19. The Labute approximate surface area is 232 Å². The zero-order chi connectivity index (χ0) is 27.9. The summed E-state index contributed by atoms with van der Waals surface area (Å²) in [5.41, 5.74) is 1.51. The third-order valence-electron chi connectivity index (χ3n) is 6.47. The molecule has 11 nitrogen and oxygen atoms in total. The molecule has 1 aliphatic rings. The number of ether oxygens (including phenoxy) is 2. The highest BCUT2D eigenvalue weighted by Crippen LogP contribution is 2.26. The lowest BCUT2D eigenvalue weighted by Crippen LogP contribution is -2.27. The highest BCUT2D eigenvalue weighted by molar-refractivity contribution is 7.17. The first-order valence-corrected chi connectivity index (χ1v) is 13.7. The van der Waals surface area contributed by atoms with Gasteiger partial charge in [0.1, 0.15) is 29.2 Å². The number of amides is 2. The summed E-state index contributed by atoms with van der Waals surface area (Å²) in [6.07, 6.45) is 2.76. The number of anilines is 3. The topological polar surface area (TPSA) is 122 Å². The summed E-state index contributed by atoms with van der Waals surface area (Å²) in [7, 11) is 3.42. The third-order valence-corrected chi connectivity index (χ3v) is 7.54. The molecule has 12 heteroatoms. The van der Waals surface area contributed by atoms with Crippen LogP contribution in [0.3, 0.4) is 0 Å². The van der Waals surface area contributed by atoms with E-state index in [0.29, 0.717) is 15.7 Å². The summed E-state index contributed by atoms with van der Waals surface area (Å²) >= 11 is 1.14. The van der Waals surface area contributed by atoms with Crippen molar-refractivity contribution in [3.8, 4) is 5.75 Å². The van der Waals surface area contributed by atoms with E-state index in [1.807, 2.05) is 49.2 Å². The lowest BCUT2D eigenvalue weighted by Gasteiger charge is -2.20. The standard InChI is InChI=1S/C27H35N7O4S/c1-6-33(4)26-28-13-11-22(31-26)34-14-12-21(15-34)38-20-9-7-19(8-10-20)17(2)29-25(36)24-18(3)30-27(39-24)32-23(35)16-37-5/h7-11,13,17,21H,6,12,14-16H2,1-5H3,(H,29,36)(H,30,32,35)/t17-,21?/m0/s1. The van der Waals surface area contributed by atoms with Crippen LogP contribution in [0.4, 0.5) is 16.9 Å². The maximum absolute atomic E-state index is 12.9. The molecule has 4 rings (SSSR count). The smallest absolute Gasteiger partial charge is 0.263 e. The van der Waals surface area contributed by atoms with Crippen molar-refractivity contribution >= 4 is 40.0 Å². The zero-order valence-corrected chi connectivity index (χ0v) is 23.7. The number of benzene rings is 1. The second-order valence-corrected chi connectivity index (χ2v) is 10.4. The van der Waals surface area contributed by atoms with Crippen LogP contribution < -0.4 is 25.2 Å². The Balaban J connectivity index is 1.30. The molecule has 1 fully saturated rings. The molecule has 2 atom stereocenters. The van der Waals surface area contributed by atoms with Crippen LogP contribution in [0.2, 0.25) is 0 Å². The number of carbonyl (C=O) groups is 2. The number of thiazole rings is 1. The van der Waals surface area contributed by atoms with E-state index in [9.17, 15) is 9.59 Å². The molecule has 1 unspecified atom stereocenters. The van der Waals surface area contributed by atoms with Crippen LogP contribution >= 0.6 is 11.3 Å². The molecule has 1 saturated heterocycles. The van der Waals surface area contributed by atoms with Gasteiger partial charge in [0.25, 0.3) is 11.8 Å². The largest absolute Gasteiger partial charge is 0.489 e. The van der Waals surface area contributed by atoms with E-state index >= 15 is 0 Å². The van der Waals surface area contributed by atoms with Gasteiger partial charge in [-0.25, -0.2) is 9.97 Å². The summed E-state index contributed by atoms with van der Waals surface area (Å²) in [4.78, 5) is 42.6. The molecule has 0 aliphatic carbocycles. The Bertz CT molecular complexity index is 1280. The molecule has 0 spiro atoms. The molecule has 1 aromatic carbocycles. The average molecular weight is 554 g/mol. The lowest BCUT2D eigenvalue weighted by molar-refractivity contribution is -0.119. The van der Waals surface area contributed by atoms with E-state index in [1.165, 1.54) is 7.11 Å². The van der Waals surface area contributed by atoms with Crippen LogP contribution in [0.25, 0.3) is 0 Å². The molecule has 208 valence electrons. The van der Waals surface area contributed by atoms with Crippen molar-refractivity contribution < 1.29 is 19.1 Å². The normalized spacial score (nSPS) is 15.6. The number of nitrogens with zero attached hydrogens (tertiary/aromatic N) is 5. The van der Waals surface area contributed by atoms with Gasteiger partial charge in [0, 0.05) is 39.9 Å². The number of aryl methyl sites for hydroxylation is 1. The van der Waals surface area contributed by atoms with Crippen molar-refractivity contribution in [2.24, 2.45) is 0 Å². The molecule has 0 radical (unpaired) electrons. The van der Waals surface area contributed by atoms with Crippen molar-refractivity contribution in [1.29, 1.82) is 0 Å². The Morgan fingerprint density at radius 1 is 1.23 bits per heavy atom. The number of carbonyl (C=O) groups excluding carboxylic acids is 2. The maximum Gasteiger partial charge on any atom is 0.263 e. The first-order valence-electron chi connectivity index (χ1n) is 12.9. The Morgan fingerprint density at radius 3 is 2.72 bits per heavy atom. The van der Waals surface area contributed by atoms with Crippen LogP contribution in [0.5, 0.6) is 5.75 Å². The molecule has 3 heterocycles. The van der Waals surface area contributed by atoms with Gasteiger partial charge in [-0.2, -0.15) is 4.98 Å². The van der Waals surface area contributed by atoms with Gasteiger partial charge in [-0.3, -0.25) is 14.9 Å². The number of rotatable bonds is 11. The Morgan fingerprint density at radius 2 is 2.00 bits per heavy atom. The number of aromatic nitrogens is 3. The van der Waals surface area contributed by atoms with Crippen molar-refractivity contribution in [1.82, 2.24) is 20.3 Å². The van der Waals surface area contributed by atoms with Gasteiger partial charge in [-0.15, -0.1) is 0 Å². The SMILES string of the molecule is CCN(C)c1nccc(N2CCC(Oc3ccc([C@H](C)NC(=O)c4sc(NC(=O)COC)nc4C)cc3)C2)n1. The predicted molar refractivity (Wildman–Crippen MR) is 152 cm³/mol. The molecule has 2 amide bonds. The second-order valence-electron chi connectivity index (χ2n) is 9.38. The van der Waals surface area contributed by atoms with Crippen LogP contribution in [0.15, 0.2) is 36.5 Å². The lowest BCUT2D eigenvalue weighted by atomic mass is 10.1. The van der Waals surface area contributed by atoms with Crippen molar-refractivity contribution in [2.75, 3.05) is 55.5 Å². The first kappa shape index (κ1) is 28.2. The Hall–Kier alpha value is -3.77. The van der Waals surface area contributed by atoms with E-state index in [4.69, 9.17) is 14.5 Å². The summed E-state index contributed by atoms with van der Waals surface area (Å²) in [6, 6.07) is 9.49. The summed E-state index contributed by atoms with van der Waals surface area (Å²) < 4.78 is 11.1. The molecule has 2 aromatic heterocycles. The predicted octanol–water partition coefficient (Wildman–Crippen LogP) is 3.43. The van der Waals surface area contributed by atoms with Crippen LogP contribution in [0.1, 0.15) is 47.2 Å². The first-order chi connectivity index (χ1) is 18.8. The van der Waals surface area contributed by atoms with Gasteiger partial charge < -0.3 is 24.6 Å². The fraction of sp³-hybridized carbons (Fsp3) is 0.444. The summed E-state index contributed by atoms with van der Waals surface area (Å²) in [5.74, 6) is 1.85. The maximum atomic E-state index is 12.9. The van der Waals surface area contributed by atoms with E-state index in [1.54, 1.807) is 13.1 Å². The fourth-order valence-corrected chi connectivity index (χ4v) is 5.08. The van der Waals surface area contributed by atoms with E-state index in [2.05, 4.69) is 32.4 Å². The molecule has 0 bridgehead atoms. The molecule has 3 aromatic rings. The van der Waals surface area contributed by atoms with E-state index in [0.717, 1.165) is 60.5 Å². The zero-order valence-electron chi connectivity index (χ0n) is 22.9. The van der Waals surface area contributed by atoms with Gasteiger partial charge in [-0.05, 0) is 44.5 Å². The minimum atomic E-state index is -0.317. The van der Waals surface area contributed by atoms with Gasteiger partial charge >= 0.3 is 0 Å². The average Bonchev–Trinajstić information content (AvgIpc) is 3.55. The second kappa shape index (κ2) is 12.9. The third kappa shape index (κ3) is 7.21. The molecular weight excluding hydrogens is 518 g/mol. The minimum Gasteiger partial charge on any atom is -0.489 e. The highest BCUT2D eigenvalue weighted by atomic mass is 32.1. The van der Waals surface area contributed by atoms with Crippen LogP contribution in [-0.4, -0.2) is 73.3 Å². The number of nitrogens with one attached hydrogen (secondary N) is 2. The van der Waals surface area contributed by atoms with Crippen LogP contribution in [0, 0.1) is 6.92 Å². The molecule has 2 N–H and O–H groups in total. The summed E-state index contributed by atoms with van der Waals surface area (Å²) in [5, 5.41) is 6.02. The van der Waals surface area contributed by atoms with Crippen molar-refractivity contribution in [2.45, 2.75) is 39.3 Å². The molecule has 0 saturated carbocycles. The molecule has 1 aliphatic heterocycles. The van der Waals surface area contributed by atoms with E-state index in [-0.39, 0.29) is 30.6 Å². The van der Waals surface area contributed by atoms with Gasteiger partial charge in [0.15, 0.2) is 5.13 Å². The Kier molecular flexibility index (Phi) is 9.31. The van der Waals surface area contributed by atoms with Gasteiger partial charge in [0.05, 0.1) is 18.3 Å². The highest BCUT2D eigenvalue weighted by Gasteiger charge is 2.26. The quantitative estimate of drug-likeness (QED) is 0.368. The monoisotopic (exact) mass is 553 g/mol. The van der Waals surface area contributed by atoms with E-state index < -0.39 is 0 Å². The number of hydrogen-bond donors (Lipinski definition) is 2. The van der Waals surface area contributed by atoms with Gasteiger partial charge in [-0.1, -0.05) is 23.5 Å². The number of methoxy groups -OCH3 is 1. The van der Waals surface area contributed by atoms with Gasteiger partial charge in [0.2, 0.25) is 5.95 Å². The summed E-state index contributed by atoms with van der Waals surface area (Å²) in [6.45, 7) is 8.12. The van der Waals surface area contributed by atoms with Crippen molar-refractivity contribution in [3.63, 3.8) is 0 Å². The molecular formula is C27H35N7O4S. The number of hydrogen-bond acceptors (Lipinski definition) is 10. The van der Waals surface area contributed by atoms with Crippen LogP contribution in [-0.2, 0) is 9.53 Å². The molecule has 39 heavy (non-hydrogen) atoms.